The fourth-order valence-corrected chi connectivity index (χ4v) is 2.65. The minimum atomic E-state index is -0.150. The van der Waals surface area contributed by atoms with Crippen LogP contribution in [0.3, 0.4) is 0 Å². The van der Waals surface area contributed by atoms with E-state index in [2.05, 4.69) is 21.2 Å². The van der Waals surface area contributed by atoms with Crippen molar-refractivity contribution in [2.24, 2.45) is 0 Å². The lowest BCUT2D eigenvalue weighted by Gasteiger charge is -2.02. The van der Waals surface area contributed by atoms with Gasteiger partial charge in [0.1, 0.15) is 11.5 Å². The van der Waals surface area contributed by atoms with Gasteiger partial charge in [0.15, 0.2) is 5.78 Å². The Balaban J connectivity index is 1.68. The molecule has 3 aromatic rings. The molecule has 1 aromatic heterocycles. The highest BCUT2D eigenvalue weighted by Crippen LogP contribution is 2.24. The first kappa shape index (κ1) is 17.9. The molecular weight excluding hydrogens is 394 g/mol. The zero-order valence-corrected chi connectivity index (χ0v) is 15.6. The van der Waals surface area contributed by atoms with Crippen molar-refractivity contribution in [2.75, 3.05) is 5.32 Å². The maximum atomic E-state index is 12.2. The summed E-state index contributed by atoms with van der Waals surface area (Å²) in [7, 11) is 0. The topological polar surface area (TPSA) is 59.3 Å². The summed E-state index contributed by atoms with van der Waals surface area (Å²) in [5.41, 5.74) is 2.16. The highest BCUT2D eigenvalue weighted by molar-refractivity contribution is 9.10. The van der Waals surface area contributed by atoms with E-state index >= 15 is 0 Å². The van der Waals surface area contributed by atoms with Crippen molar-refractivity contribution in [2.45, 2.75) is 6.92 Å². The molecule has 130 valence electrons. The first-order valence-corrected chi connectivity index (χ1v) is 8.76. The lowest BCUT2D eigenvalue weighted by Crippen LogP contribution is -2.05. The van der Waals surface area contributed by atoms with Crippen LogP contribution in [-0.4, -0.2) is 11.7 Å². The number of ketones is 1. The van der Waals surface area contributed by atoms with Gasteiger partial charge in [0, 0.05) is 28.2 Å². The Bertz CT molecular complexity index is 954. The van der Waals surface area contributed by atoms with E-state index in [4.69, 9.17) is 4.42 Å². The van der Waals surface area contributed by atoms with Crippen LogP contribution in [0.5, 0.6) is 0 Å². The predicted octanol–water partition coefficient (Wildman–Crippen LogP) is 5.56. The number of hydrogen-bond acceptors (Lipinski definition) is 3. The lowest BCUT2D eigenvalue weighted by atomic mass is 10.1. The van der Waals surface area contributed by atoms with E-state index in [0.29, 0.717) is 17.0 Å². The van der Waals surface area contributed by atoms with Crippen molar-refractivity contribution in [3.8, 4) is 11.3 Å². The highest BCUT2D eigenvalue weighted by Gasteiger charge is 2.05. The van der Waals surface area contributed by atoms with E-state index in [0.717, 1.165) is 15.8 Å². The monoisotopic (exact) mass is 409 g/mol. The summed E-state index contributed by atoms with van der Waals surface area (Å²) in [4.78, 5) is 23.3. The lowest BCUT2D eigenvalue weighted by molar-refractivity contribution is -0.114. The van der Waals surface area contributed by atoms with Crippen molar-refractivity contribution < 1.29 is 14.0 Å². The number of halogens is 1. The Labute approximate surface area is 159 Å². The second kappa shape index (κ2) is 7.97. The van der Waals surface area contributed by atoms with Gasteiger partial charge in [0.25, 0.3) is 0 Å². The number of hydrogen-bond donors (Lipinski definition) is 1. The van der Waals surface area contributed by atoms with Gasteiger partial charge in [0.05, 0.1) is 0 Å². The first-order chi connectivity index (χ1) is 12.5. The molecule has 3 rings (SSSR count). The zero-order chi connectivity index (χ0) is 18.5. The van der Waals surface area contributed by atoms with Gasteiger partial charge in [-0.15, -0.1) is 0 Å². The van der Waals surface area contributed by atoms with E-state index in [1.807, 2.05) is 36.4 Å². The second-order valence-electron chi connectivity index (χ2n) is 5.67. The zero-order valence-electron chi connectivity index (χ0n) is 14.0. The fourth-order valence-electron chi connectivity index (χ4n) is 2.39. The summed E-state index contributed by atoms with van der Waals surface area (Å²) in [6.07, 6.45) is 3.12. The predicted molar refractivity (Wildman–Crippen MR) is 106 cm³/mol. The number of amides is 1. The number of benzene rings is 2. The molecule has 1 N–H and O–H groups in total. The second-order valence-corrected chi connectivity index (χ2v) is 6.58. The summed E-state index contributed by atoms with van der Waals surface area (Å²) >= 11 is 3.40. The Morgan fingerprint density at radius 2 is 1.65 bits per heavy atom. The van der Waals surface area contributed by atoms with Gasteiger partial charge >= 0.3 is 0 Å². The minimum absolute atomic E-state index is 0.138. The molecule has 0 aliphatic rings. The van der Waals surface area contributed by atoms with E-state index in [1.165, 1.54) is 13.0 Å². The fraction of sp³-hybridized carbons (Fsp3) is 0.0476. The third kappa shape index (κ3) is 4.58. The van der Waals surface area contributed by atoms with Crippen LogP contribution in [0.4, 0.5) is 5.69 Å². The number of anilines is 1. The normalized spacial score (nSPS) is 10.8. The van der Waals surface area contributed by atoms with Crippen LogP contribution in [0.2, 0.25) is 0 Å². The van der Waals surface area contributed by atoms with Crippen LogP contribution in [0.25, 0.3) is 17.4 Å². The third-order valence-electron chi connectivity index (χ3n) is 3.64. The molecule has 2 aromatic carbocycles. The molecule has 0 aliphatic heterocycles. The standard InChI is InChI=1S/C21H16BrNO3/c1-14(24)23-18-8-4-15(5-9-18)20(25)12-10-19-11-13-21(26-19)16-2-6-17(22)7-3-16/h2-13H,1H3,(H,23,24)/b12-10+. The van der Waals surface area contributed by atoms with Crippen molar-refractivity contribution >= 4 is 39.4 Å². The van der Waals surface area contributed by atoms with Gasteiger partial charge < -0.3 is 9.73 Å². The molecule has 0 saturated carbocycles. The summed E-state index contributed by atoms with van der Waals surface area (Å²) in [5.74, 6) is 1.06. The average Bonchev–Trinajstić information content (AvgIpc) is 3.09. The van der Waals surface area contributed by atoms with Crippen molar-refractivity contribution in [3.63, 3.8) is 0 Å². The molecule has 1 heterocycles. The van der Waals surface area contributed by atoms with Crippen LogP contribution in [-0.2, 0) is 4.79 Å². The smallest absolute Gasteiger partial charge is 0.221 e. The number of allylic oxidation sites excluding steroid dienone is 1. The first-order valence-electron chi connectivity index (χ1n) is 7.97. The molecule has 0 bridgehead atoms. The summed E-state index contributed by atoms with van der Waals surface area (Å²) in [6.45, 7) is 1.44. The molecule has 4 nitrogen and oxygen atoms in total. The molecule has 1 amide bonds. The molecule has 0 atom stereocenters. The van der Waals surface area contributed by atoms with Crippen LogP contribution >= 0.6 is 15.9 Å². The van der Waals surface area contributed by atoms with Crippen LogP contribution in [0.15, 0.2) is 75.6 Å². The van der Waals surface area contributed by atoms with Crippen LogP contribution in [0, 0.1) is 0 Å². The van der Waals surface area contributed by atoms with E-state index < -0.39 is 0 Å². The van der Waals surface area contributed by atoms with E-state index in [1.54, 1.807) is 30.3 Å². The molecule has 0 aliphatic carbocycles. The molecule has 0 fully saturated rings. The van der Waals surface area contributed by atoms with Crippen molar-refractivity contribution in [3.05, 3.63) is 82.5 Å². The largest absolute Gasteiger partial charge is 0.457 e. The summed E-state index contributed by atoms with van der Waals surface area (Å²) in [5, 5.41) is 2.66. The Hall–Kier alpha value is -2.92. The number of nitrogens with one attached hydrogen (secondary N) is 1. The van der Waals surface area contributed by atoms with Gasteiger partial charge in [0.2, 0.25) is 5.91 Å². The Morgan fingerprint density at radius 3 is 2.31 bits per heavy atom. The molecule has 5 heteroatoms. The number of furan rings is 1. The number of carbonyl (C=O) groups excluding carboxylic acids is 2. The molecule has 0 radical (unpaired) electrons. The van der Waals surface area contributed by atoms with E-state index in [-0.39, 0.29) is 11.7 Å². The van der Waals surface area contributed by atoms with Gasteiger partial charge in [-0.3, -0.25) is 9.59 Å². The van der Waals surface area contributed by atoms with Crippen molar-refractivity contribution in [1.82, 2.24) is 0 Å². The van der Waals surface area contributed by atoms with Gasteiger partial charge in [-0.1, -0.05) is 28.1 Å². The highest BCUT2D eigenvalue weighted by atomic mass is 79.9. The third-order valence-corrected chi connectivity index (χ3v) is 4.17. The van der Waals surface area contributed by atoms with Crippen LogP contribution in [0.1, 0.15) is 23.0 Å². The SMILES string of the molecule is CC(=O)Nc1ccc(C(=O)/C=C/c2ccc(-c3ccc(Br)cc3)o2)cc1. The molecule has 26 heavy (non-hydrogen) atoms. The van der Waals surface area contributed by atoms with Crippen LogP contribution < -0.4 is 5.32 Å². The molecule has 0 spiro atoms. The Kier molecular flexibility index (Phi) is 5.49. The summed E-state index contributed by atoms with van der Waals surface area (Å²) in [6, 6.07) is 18.2. The molecule has 0 saturated heterocycles. The number of carbonyl (C=O) groups is 2. The van der Waals surface area contributed by atoms with Gasteiger partial charge in [-0.25, -0.2) is 0 Å². The van der Waals surface area contributed by atoms with E-state index in [9.17, 15) is 9.59 Å². The van der Waals surface area contributed by atoms with Gasteiger partial charge in [-0.2, -0.15) is 0 Å². The quantitative estimate of drug-likeness (QED) is 0.442. The van der Waals surface area contributed by atoms with Crippen molar-refractivity contribution in [1.29, 1.82) is 0 Å². The summed E-state index contributed by atoms with van der Waals surface area (Å²) < 4.78 is 6.76. The average molecular weight is 410 g/mol. The number of rotatable bonds is 5. The Morgan fingerprint density at radius 1 is 0.962 bits per heavy atom. The van der Waals surface area contributed by atoms with Gasteiger partial charge in [-0.05, 0) is 60.7 Å². The maximum Gasteiger partial charge on any atom is 0.221 e. The maximum absolute atomic E-state index is 12.2. The molecule has 0 unspecified atom stereocenters. The molecular formula is C21H16BrNO3. The minimum Gasteiger partial charge on any atom is -0.457 e.